The molecular formula is C51H46IrN2O-2. The van der Waals surface area contributed by atoms with Crippen molar-refractivity contribution in [2.75, 3.05) is 0 Å². The fourth-order valence-corrected chi connectivity index (χ4v) is 8.34. The number of furan rings is 1. The summed E-state index contributed by atoms with van der Waals surface area (Å²) in [6.07, 6.45) is 6.68. The summed E-state index contributed by atoms with van der Waals surface area (Å²) in [5.74, 6) is 0.869. The van der Waals surface area contributed by atoms with E-state index in [1.54, 1.807) is 24.3 Å². The van der Waals surface area contributed by atoms with E-state index in [4.69, 9.17) is 16.3 Å². The molecule has 2 saturated carbocycles. The molecule has 0 amide bonds. The Kier molecular flexibility index (Phi) is 8.46. The first kappa shape index (κ1) is 30.3. The van der Waals surface area contributed by atoms with Gasteiger partial charge < -0.3 is 14.4 Å². The van der Waals surface area contributed by atoms with Crippen LogP contribution in [0.2, 0.25) is 0 Å². The molecule has 0 saturated heterocycles. The Balaban J connectivity index is 0.000000186. The largest absolute Gasteiger partial charge is 0.500 e. The minimum absolute atomic E-state index is 0. The van der Waals surface area contributed by atoms with E-state index in [2.05, 4.69) is 96.0 Å². The van der Waals surface area contributed by atoms with Crippen LogP contribution in [0.4, 0.5) is 0 Å². The number of rotatable bonds is 5. The van der Waals surface area contributed by atoms with Gasteiger partial charge in [0.25, 0.3) is 0 Å². The van der Waals surface area contributed by atoms with Gasteiger partial charge in [0.05, 0.1) is 5.58 Å². The van der Waals surface area contributed by atoms with E-state index in [1.165, 1.54) is 42.5 Å². The number of aromatic nitrogens is 2. The van der Waals surface area contributed by atoms with E-state index in [-0.39, 0.29) is 25.7 Å². The Hall–Kier alpha value is -4.89. The Morgan fingerprint density at radius 3 is 2.38 bits per heavy atom. The summed E-state index contributed by atoms with van der Waals surface area (Å²) in [4.78, 5) is 9.02. The summed E-state index contributed by atoms with van der Waals surface area (Å²) < 4.78 is 54.3. The van der Waals surface area contributed by atoms with Gasteiger partial charge in [0.15, 0.2) is 0 Å². The fraction of sp³-hybridized carbons (Fsp3) is 0.255. The maximum Gasteiger partial charge on any atom is 0.128 e. The van der Waals surface area contributed by atoms with Crippen LogP contribution in [-0.4, -0.2) is 9.97 Å². The van der Waals surface area contributed by atoms with Gasteiger partial charge in [0, 0.05) is 51.5 Å². The van der Waals surface area contributed by atoms with E-state index in [0.717, 1.165) is 62.0 Å². The summed E-state index contributed by atoms with van der Waals surface area (Å²) >= 11 is 0. The minimum Gasteiger partial charge on any atom is -0.500 e. The molecule has 3 unspecified atom stereocenters. The van der Waals surface area contributed by atoms with Gasteiger partial charge in [-0.05, 0) is 93.9 Å². The number of hydrogen-bond donors (Lipinski definition) is 0. The number of pyridine rings is 2. The van der Waals surface area contributed by atoms with Gasteiger partial charge in [-0.25, -0.2) is 0 Å². The zero-order valence-corrected chi connectivity index (χ0v) is 33.6. The van der Waals surface area contributed by atoms with Crippen molar-refractivity contribution in [1.82, 2.24) is 9.97 Å². The van der Waals surface area contributed by atoms with Gasteiger partial charge in [-0.2, -0.15) is 0 Å². The molecule has 2 aliphatic carbocycles. The van der Waals surface area contributed by atoms with Crippen LogP contribution in [0.1, 0.15) is 77.3 Å². The monoisotopic (exact) mass is 901 g/mol. The normalized spacial score (nSPS) is 21.1. The summed E-state index contributed by atoms with van der Waals surface area (Å²) in [6, 6.07) is 44.0. The molecule has 3 aromatic heterocycles. The van der Waals surface area contributed by atoms with Crippen LogP contribution in [0.15, 0.2) is 132 Å². The van der Waals surface area contributed by atoms with Crippen LogP contribution in [-0.2, 0) is 26.5 Å². The summed E-state index contributed by atoms with van der Waals surface area (Å²) in [5.41, 5.74) is 8.41. The van der Waals surface area contributed by atoms with Crippen LogP contribution in [0.5, 0.6) is 0 Å². The molecule has 4 heteroatoms. The van der Waals surface area contributed by atoms with Gasteiger partial charge >= 0.3 is 0 Å². The fourth-order valence-electron chi connectivity index (χ4n) is 8.34. The molecule has 2 fully saturated rings. The number of aryl methyl sites for hydroxylation is 1. The molecule has 1 radical (unpaired) electrons. The third-order valence-corrected chi connectivity index (χ3v) is 10.8. The number of hydrogen-bond acceptors (Lipinski definition) is 3. The van der Waals surface area contributed by atoms with Crippen molar-refractivity contribution in [3.63, 3.8) is 0 Å². The molecule has 0 spiro atoms. The molecule has 8 aromatic rings. The predicted octanol–water partition coefficient (Wildman–Crippen LogP) is 13.6. The summed E-state index contributed by atoms with van der Waals surface area (Å²) in [6.45, 7) is 3.40. The van der Waals surface area contributed by atoms with E-state index >= 15 is 0 Å². The molecule has 0 N–H and O–H groups in total. The Morgan fingerprint density at radius 1 is 0.800 bits per heavy atom. The average molecular weight is 901 g/mol. The van der Waals surface area contributed by atoms with Gasteiger partial charge in [-0.1, -0.05) is 124 Å². The van der Waals surface area contributed by atoms with Crippen molar-refractivity contribution >= 4 is 32.7 Å². The third-order valence-electron chi connectivity index (χ3n) is 10.8. The van der Waals surface area contributed by atoms with Crippen molar-refractivity contribution in [1.29, 1.82) is 0 Å². The maximum atomic E-state index is 9.18. The van der Waals surface area contributed by atoms with E-state index in [1.807, 2.05) is 33.0 Å². The standard InChI is InChI=1S/C34H26NO.C17H20N.Ir/c1-2-5-27-23(4-1)14-15-29-28-6-3-7-30(34(28)36-33(27)29)32-20-25(16-17-35-32)22-10-12-24(13-11-22)31-19-21-8-9-26(31)18-21;1-13-5-8-15(9-6-13)16-10-7-14(12-18-16)11-17(2,3)4;/h1-6,10-17,20-21,26,31H,8-9,18-19H2;5-8,10,12H,11H2,1-4H3;/q2*-1;/i31D;1D3,11D2;. The van der Waals surface area contributed by atoms with Gasteiger partial charge in [0.1, 0.15) is 5.58 Å². The first-order valence-corrected chi connectivity index (χ1v) is 18.9. The second kappa shape index (κ2) is 15.3. The number of benzene rings is 5. The third kappa shape index (κ3) is 7.68. The molecule has 0 aliphatic heterocycles. The topological polar surface area (TPSA) is 38.9 Å². The number of fused-ring (bicyclic) bond motifs is 7. The molecule has 2 aliphatic rings. The molecular weight excluding hydrogens is 849 g/mol. The van der Waals surface area contributed by atoms with Gasteiger partial charge in [-0.3, -0.25) is 0 Å². The SMILES string of the molecule is [2H]C([2H])([2H])c1c[c-]c(-c2ccc(C([2H])([2H])C(C)(C)C)cn2)cc1.[2H]C1(c2ccc(-c3ccnc(-c4[c-]ccc5c4oc4c6ccccc6ccc54)c3)cc2)CC2CCC1C2.[Ir]. The van der Waals surface area contributed by atoms with Crippen molar-refractivity contribution in [2.45, 2.75) is 65.6 Å². The maximum absolute atomic E-state index is 9.18. The number of nitrogens with zero attached hydrogens (tertiary/aromatic N) is 2. The van der Waals surface area contributed by atoms with E-state index in [9.17, 15) is 1.37 Å². The second-order valence-electron chi connectivity index (χ2n) is 15.8. The molecule has 5 aromatic carbocycles. The van der Waals surface area contributed by atoms with Gasteiger partial charge in [-0.15, -0.1) is 53.6 Å². The van der Waals surface area contributed by atoms with Gasteiger partial charge in [0.2, 0.25) is 0 Å². The zero-order valence-electron chi connectivity index (χ0n) is 37.2. The smallest absolute Gasteiger partial charge is 0.128 e. The van der Waals surface area contributed by atoms with Crippen LogP contribution in [0.3, 0.4) is 0 Å². The Labute approximate surface area is 347 Å². The first-order valence-electron chi connectivity index (χ1n) is 21.9. The molecule has 277 valence electrons. The average Bonchev–Trinajstić information content (AvgIpc) is 3.97. The Bertz CT molecular complexity index is 2850. The molecule has 2 bridgehead atoms. The van der Waals surface area contributed by atoms with Crippen molar-refractivity contribution in [3.8, 4) is 33.6 Å². The van der Waals surface area contributed by atoms with Crippen LogP contribution < -0.4 is 0 Å². The quantitative estimate of drug-likeness (QED) is 0.162. The van der Waals surface area contributed by atoms with Crippen LogP contribution >= 0.6 is 0 Å². The van der Waals surface area contributed by atoms with Crippen molar-refractivity contribution in [2.24, 2.45) is 17.3 Å². The van der Waals surface area contributed by atoms with E-state index < -0.39 is 24.5 Å². The van der Waals surface area contributed by atoms with E-state index in [0.29, 0.717) is 22.7 Å². The molecule has 55 heavy (non-hydrogen) atoms. The molecule has 3 heterocycles. The first-order chi connectivity index (χ1) is 28.6. The molecule has 3 atom stereocenters. The molecule has 10 rings (SSSR count). The summed E-state index contributed by atoms with van der Waals surface area (Å²) in [7, 11) is 0. The molecule has 3 nitrogen and oxygen atoms in total. The predicted molar refractivity (Wildman–Crippen MR) is 223 cm³/mol. The Morgan fingerprint density at radius 2 is 1.65 bits per heavy atom. The van der Waals surface area contributed by atoms with Crippen molar-refractivity contribution in [3.05, 3.63) is 156 Å². The van der Waals surface area contributed by atoms with Crippen LogP contribution in [0, 0.1) is 36.2 Å². The summed E-state index contributed by atoms with van der Waals surface area (Å²) in [5, 5.41) is 4.48. The van der Waals surface area contributed by atoms with Crippen LogP contribution in [0.25, 0.3) is 66.4 Å². The minimum atomic E-state index is -2.14. The second-order valence-corrected chi connectivity index (χ2v) is 15.8. The van der Waals surface area contributed by atoms with Crippen molar-refractivity contribution < 1.29 is 32.7 Å². The zero-order chi connectivity index (χ0) is 42.0.